The normalized spacial score (nSPS) is 11.6. The summed E-state index contributed by atoms with van der Waals surface area (Å²) in [6.45, 7) is 0. The van der Waals surface area contributed by atoms with Gasteiger partial charge >= 0.3 is 6.36 Å². The number of hydrogen-bond acceptors (Lipinski definition) is 4. The number of sulfonamides is 1. The molecule has 0 bridgehead atoms. The third kappa shape index (κ3) is 4.63. The Bertz CT molecular complexity index is 857. The van der Waals surface area contributed by atoms with Crippen LogP contribution in [0.2, 0.25) is 0 Å². The van der Waals surface area contributed by atoms with Crippen LogP contribution in [0.4, 0.5) is 18.9 Å². The molecule has 1 N–H and O–H groups in total. The first-order valence-corrected chi connectivity index (χ1v) is 8.03. The third-order valence-corrected chi connectivity index (χ3v) is 4.27. The molecule has 2 rings (SSSR count). The van der Waals surface area contributed by atoms with Crippen LogP contribution in [0.25, 0.3) is 0 Å². The Hall–Kier alpha value is -2.73. The van der Waals surface area contributed by atoms with E-state index >= 15 is 0 Å². The van der Waals surface area contributed by atoms with E-state index < -0.39 is 27.0 Å². The van der Waals surface area contributed by atoms with E-state index in [1.54, 1.807) is 12.1 Å². The van der Waals surface area contributed by atoms with Gasteiger partial charge in [0.1, 0.15) is 10.6 Å². The molecule has 9 heteroatoms. The minimum atomic E-state index is -5.01. The number of nitrogens with zero attached hydrogens (tertiary/aromatic N) is 1. The molecule has 5 nitrogen and oxygen atoms in total. The summed E-state index contributed by atoms with van der Waals surface area (Å²) in [6.07, 6.45) is -4.85. The Labute approximate surface area is 136 Å². The molecule has 0 fully saturated rings. The number of anilines is 1. The number of alkyl halides is 3. The van der Waals surface area contributed by atoms with E-state index in [1.807, 2.05) is 6.07 Å². The maximum Gasteiger partial charge on any atom is 0.573 e. The fraction of sp³-hybridized carbons (Fsp3) is 0.133. The highest BCUT2D eigenvalue weighted by Gasteiger charge is 2.34. The summed E-state index contributed by atoms with van der Waals surface area (Å²) in [5.41, 5.74) is 0.833. The quantitative estimate of drug-likeness (QED) is 0.890. The predicted molar refractivity (Wildman–Crippen MR) is 79.7 cm³/mol. The van der Waals surface area contributed by atoms with Crippen LogP contribution in [0.15, 0.2) is 53.4 Å². The van der Waals surface area contributed by atoms with Crippen LogP contribution < -0.4 is 9.46 Å². The summed E-state index contributed by atoms with van der Waals surface area (Å²) < 4.78 is 67.7. The molecule has 0 spiro atoms. The maximum absolute atomic E-state index is 12.4. The van der Waals surface area contributed by atoms with Gasteiger partial charge in [-0.1, -0.05) is 24.3 Å². The van der Waals surface area contributed by atoms with Crippen molar-refractivity contribution < 1.29 is 26.3 Å². The molecule has 0 atom stereocenters. The average molecular weight is 356 g/mol. The molecule has 0 amide bonds. The molecular formula is C15H11F3N2O3S. The Kier molecular flexibility index (Phi) is 4.99. The molecule has 2 aromatic carbocycles. The van der Waals surface area contributed by atoms with E-state index in [0.29, 0.717) is 5.56 Å². The first-order valence-electron chi connectivity index (χ1n) is 6.55. The molecule has 0 aliphatic heterocycles. The Balaban J connectivity index is 2.29. The van der Waals surface area contributed by atoms with Gasteiger partial charge in [-0.25, -0.2) is 8.42 Å². The highest BCUT2D eigenvalue weighted by molar-refractivity contribution is 7.92. The number of ether oxygens (including phenoxy) is 1. The van der Waals surface area contributed by atoms with Crippen molar-refractivity contribution in [2.24, 2.45) is 0 Å². The standard InChI is InChI=1S/C15H11F3N2O3S/c16-15(17,18)23-13-3-1-2-4-14(13)24(21,22)20-12-7-5-11(6-8-12)9-10-19/h1-8,20H,9H2. The van der Waals surface area contributed by atoms with Gasteiger partial charge in [0.15, 0.2) is 0 Å². The van der Waals surface area contributed by atoms with Crippen molar-refractivity contribution in [1.29, 1.82) is 5.26 Å². The van der Waals surface area contributed by atoms with Gasteiger partial charge in [0.2, 0.25) is 0 Å². The molecule has 2 aromatic rings. The second kappa shape index (κ2) is 6.80. The van der Waals surface area contributed by atoms with Gasteiger partial charge in [0, 0.05) is 5.69 Å². The fourth-order valence-electron chi connectivity index (χ4n) is 1.87. The van der Waals surface area contributed by atoms with Crippen LogP contribution in [0.5, 0.6) is 5.75 Å². The molecule has 0 unspecified atom stereocenters. The van der Waals surface area contributed by atoms with Crippen molar-refractivity contribution in [1.82, 2.24) is 0 Å². The number of nitrogens with one attached hydrogen (secondary N) is 1. The highest BCUT2D eigenvalue weighted by atomic mass is 32.2. The lowest BCUT2D eigenvalue weighted by Crippen LogP contribution is -2.20. The van der Waals surface area contributed by atoms with Gasteiger partial charge < -0.3 is 4.74 Å². The monoisotopic (exact) mass is 356 g/mol. The van der Waals surface area contributed by atoms with Crippen LogP contribution >= 0.6 is 0 Å². The lowest BCUT2D eigenvalue weighted by molar-refractivity contribution is -0.275. The summed E-state index contributed by atoms with van der Waals surface area (Å²) in [7, 11) is -4.28. The van der Waals surface area contributed by atoms with Crippen LogP contribution in [-0.2, 0) is 16.4 Å². The lowest BCUT2D eigenvalue weighted by atomic mass is 10.1. The predicted octanol–water partition coefficient (Wildman–Crippen LogP) is 3.45. The van der Waals surface area contributed by atoms with Crippen LogP contribution in [0, 0.1) is 11.3 Å². The van der Waals surface area contributed by atoms with Gasteiger partial charge in [0.25, 0.3) is 10.0 Å². The van der Waals surface area contributed by atoms with Crippen molar-refractivity contribution in [3.8, 4) is 11.8 Å². The molecular weight excluding hydrogens is 345 g/mol. The van der Waals surface area contributed by atoms with Gasteiger partial charge in [0.05, 0.1) is 12.5 Å². The second-order valence-corrected chi connectivity index (χ2v) is 6.28. The molecule has 126 valence electrons. The Morgan fingerprint density at radius 3 is 2.29 bits per heavy atom. The topological polar surface area (TPSA) is 79.2 Å². The zero-order chi connectivity index (χ0) is 17.8. The summed E-state index contributed by atoms with van der Waals surface area (Å²) in [4.78, 5) is -0.636. The van der Waals surface area contributed by atoms with E-state index in [0.717, 1.165) is 12.1 Å². The van der Waals surface area contributed by atoms with E-state index in [9.17, 15) is 21.6 Å². The van der Waals surface area contributed by atoms with Gasteiger partial charge in [-0.15, -0.1) is 13.2 Å². The van der Waals surface area contributed by atoms with E-state index in [-0.39, 0.29) is 12.1 Å². The largest absolute Gasteiger partial charge is 0.573 e. The molecule has 0 aliphatic rings. The number of halogens is 3. The summed E-state index contributed by atoms with van der Waals surface area (Å²) in [5.74, 6) is -0.821. The second-order valence-electron chi connectivity index (χ2n) is 4.63. The van der Waals surface area contributed by atoms with Gasteiger partial charge in [-0.3, -0.25) is 4.72 Å². The van der Waals surface area contributed by atoms with Crippen LogP contribution in [-0.4, -0.2) is 14.8 Å². The SMILES string of the molecule is N#CCc1ccc(NS(=O)(=O)c2ccccc2OC(F)(F)F)cc1. The third-order valence-electron chi connectivity index (χ3n) is 2.85. The molecule has 0 aromatic heterocycles. The van der Waals surface area contributed by atoms with Crippen molar-refractivity contribution in [3.63, 3.8) is 0 Å². The van der Waals surface area contributed by atoms with Crippen LogP contribution in [0.3, 0.4) is 0 Å². The zero-order valence-electron chi connectivity index (χ0n) is 12.0. The summed E-state index contributed by atoms with van der Waals surface area (Å²) in [6, 6.07) is 12.3. The van der Waals surface area contributed by atoms with E-state index in [4.69, 9.17) is 5.26 Å². The smallest absolute Gasteiger partial charge is 0.404 e. The zero-order valence-corrected chi connectivity index (χ0v) is 12.9. The number of nitriles is 1. The average Bonchev–Trinajstić information content (AvgIpc) is 2.48. The molecule has 0 saturated heterocycles. The van der Waals surface area contributed by atoms with Crippen molar-refractivity contribution in [3.05, 3.63) is 54.1 Å². The molecule has 24 heavy (non-hydrogen) atoms. The number of para-hydroxylation sites is 1. The number of rotatable bonds is 5. The minimum Gasteiger partial charge on any atom is -0.404 e. The number of benzene rings is 2. The van der Waals surface area contributed by atoms with Gasteiger partial charge in [-0.05, 0) is 29.8 Å². The Morgan fingerprint density at radius 1 is 1.08 bits per heavy atom. The minimum absolute atomic E-state index is 0.151. The fourth-order valence-corrected chi connectivity index (χ4v) is 3.06. The van der Waals surface area contributed by atoms with Crippen molar-refractivity contribution in [2.45, 2.75) is 17.7 Å². The summed E-state index contributed by atoms with van der Waals surface area (Å²) >= 11 is 0. The molecule has 0 aliphatic carbocycles. The molecule has 0 heterocycles. The van der Waals surface area contributed by atoms with E-state index in [1.165, 1.54) is 24.3 Å². The highest BCUT2D eigenvalue weighted by Crippen LogP contribution is 2.30. The first-order chi connectivity index (χ1) is 11.2. The maximum atomic E-state index is 12.4. The molecule has 0 radical (unpaired) electrons. The van der Waals surface area contributed by atoms with Crippen LogP contribution in [0.1, 0.15) is 5.56 Å². The lowest BCUT2D eigenvalue weighted by Gasteiger charge is -2.14. The van der Waals surface area contributed by atoms with Gasteiger partial charge in [-0.2, -0.15) is 5.26 Å². The molecule has 0 saturated carbocycles. The van der Waals surface area contributed by atoms with Crippen molar-refractivity contribution >= 4 is 15.7 Å². The van der Waals surface area contributed by atoms with E-state index in [2.05, 4.69) is 9.46 Å². The first kappa shape index (κ1) is 17.6. The summed E-state index contributed by atoms with van der Waals surface area (Å²) in [5, 5.41) is 8.58. The Morgan fingerprint density at radius 2 is 1.71 bits per heavy atom. The van der Waals surface area contributed by atoms with Crippen molar-refractivity contribution in [2.75, 3.05) is 4.72 Å². The number of hydrogen-bond donors (Lipinski definition) is 1.